The molecular formula is C18H15N5S3. The maximum Gasteiger partial charge on any atom is 0.206 e. The number of fused-ring (bicyclic) bond motifs is 1. The average molecular weight is 398 g/mol. The van der Waals surface area contributed by atoms with Crippen molar-refractivity contribution in [2.45, 2.75) is 16.5 Å². The molecule has 0 atom stereocenters. The maximum absolute atomic E-state index is 9.47. The van der Waals surface area contributed by atoms with Gasteiger partial charge in [-0.2, -0.15) is 5.26 Å². The molecule has 0 aromatic carbocycles. The zero-order valence-electron chi connectivity index (χ0n) is 13.8. The predicted octanol–water partition coefficient (Wildman–Crippen LogP) is 4.67. The summed E-state index contributed by atoms with van der Waals surface area (Å²) in [6.45, 7) is 0.850. The predicted molar refractivity (Wildman–Crippen MR) is 108 cm³/mol. The van der Waals surface area contributed by atoms with E-state index in [0.29, 0.717) is 5.75 Å². The summed E-state index contributed by atoms with van der Waals surface area (Å²) < 4.78 is 2.90. The molecule has 130 valence electrons. The molecule has 4 aromatic heterocycles. The van der Waals surface area contributed by atoms with Crippen molar-refractivity contribution in [2.24, 2.45) is 0 Å². The summed E-state index contributed by atoms with van der Waals surface area (Å²) in [5.74, 6) is 0.703. The molecule has 0 radical (unpaired) electrons. The van der Waals surface area contributed by atoms with Crippen LogP contribution in [-0.4, -0.2) is 21.1 Å². The van der Waals surface area contributed by atoms with Gasteiger partial charge < -0.3 is 9.72 Å². The molecule has 4 heterocycles. The summed E-state index contributed by atoms with van der Waals surface area (Å²) in [7, 11) is 0. The van der Waals surface area contributed by atoms with Gasteiger partial charge >= 0.3 is 0 Å². The van der Waals surface area contributed by atoms with Crippen LogP contribution in [0.25, 0.3) is 5.52 Å². The van der Waals surface area contributed by atoms with E-state index in [1.165, 1.54) is 4.88 Å². The Hall–Kier alpha value is -2.34. The minimum atomic E-state index is 0.703. The van der Waals surface area contributed by atoms with Crippen LogP contribution in [0.15, 0.2) is 52.4 Å². The lowest BCUT2D eigenvalue weighted by atomic mass is 10.2. The van der Waals surface area contributed by atoms with Crippen LogP contribution < -0.4 is 5.32 Å². The van der Waals surface area contributed by atoms with Crippen molar-refractivity contribution in [1.29, 1.82) is 5.26 Å². The fraction of sp³-hybridized carbons (Fsp3) is 0.167. The third-order valence-corrected chi connectivity index (χ3v) is 6.86. The third-order valence-electron chi connectivity index (χ3n) is 3.86. The first-order valence-electron chi connectivity index (χ1n) is 8.05. The highest BCUT2D eigenvalue weighted by atomic mass is 32.2. The minimum absolute atomic E-state index is 0.703. The smallest absolute Gasteiger partial charge is 0.206 e. The fourth-order valence-corrected chi connectivity index (χ4v) is 5.10. The molecule has 0 fully saturated rings. The third kappa shape index (κ3) is 3.75. The molecule has 0 aliphatic carbocycles. The molecule has 8 heteroatoms. The summed E-state index contributed by atoms with van der Waals surface area (Å²) in [5.41, 5.74) is 2.70. The van der Waals surface area contributed by atoms with Crippen LogP contribution >= 0.6 is 34.4 Å². The van der Waals surface area contributed by atoms with Crippen LogP contribution in [0.3, 0.4) is 0 Å². The first-order chi connectivity index (χ1) is 12.8. The molecule has 0 aliphatic rings. The van der Waals surface area contributed by atoms with Crippen molar-refractivity contribution in [3.05, 3.63) is 64.1 Å². The number of thioether (sulfide) groups is 1. The number of anilines is 1. The normalized spacial score (nSPS) is 10.9. The molecule has 0 aliphatic heterocycles. The van der Waals surface area contributed by atoms with E-state index in [0.717, 1.165) is 39.1 Å². The van der Waals surface area contributed by atoms with Crippen LogP contribution in [-0.2, 0) is 12.2 Å². The van der Waals surface area contributed by atoms with E-state index in [2.05, 4.69) is 39.1 Å². The molecule has 4 aromatic rings. The Labute approximate surface area is 163 Å². The highest BCUT2D eigenvalue weighted by Crippen LogP contribution is 2.30. The first-order valence-corrected chi connectivity index (χ1v) is 10.7. The summed E-state index contributed by atoms with van der Waals surface area (Å²) in [6, 6.07) is 12.4. The average Bonchev–Trinajstić information content (AvgIpc) is 3.39. The van der Waals surface area contributed by atoms with Gasteiger partial charge in [0.2, 0.25) is 5.13 Å². The monoisotopic (exact) mass is 397 g/mol. The number of nitrogens with zero attached hydrogens (tertiary/aromatic N) is 4. The molecule has 5 nitrogen and oxygen atoms in total. The Morgan fingerprint density at radius 3 is 3.04 bits per heavy atom. The van der Waals surface area contributed by atoms with Gasteiger partial charge in [-0.05, 0) is 35.6 Å². The Kier molecular flexibility index (Phi) is 5.20. The number of hydrogen-bond donors (Lipinski definition) is 1. The van der Waals surface area contributed by atoms with Gasteiger partial charge in [-0.3, -0.25) is 0 Å². The number of rotatable bonds is 7. The number of thiophene rings is 1. The Morgan fingerprint density at radius 1 is 1.23 bits per heavy atom. The van der Waals surface area contributed by atoms with E-state index in [-0.39, 0.29) is 0 Å². The second kappa shape index (κ2) is 7.91. The SMILES string of the molecule is N#Cc1c(CSc2nnc(NCCc3cccs3)s2)cn2ccccc12. The summed E-state index contributed by atoms with van der Waals surface area (Å²) in [4.78, 5) is 1.36. The molecule has 1 N–H and O–H groups in total. The zero-order valence-corrected chi connectivity index (χ0v) is 16.2. The van der Waals surface area contributed by atoms with Gasteiger partial charge in [-0.15, -0.1) is 21.5 Å². The van der Waals surface area contributed by atoms with Gasteiger partial charge in [0.1, 0.15) is 6.07 Å². The van der Waals surface area contributed by atoms with Crippen molar-refractivity contribution in [1.82, 2.24) is 14.6 Å². The van der Waals surface area contributed by atoms with E-state index >= 15 is 0 Å². The molecule has 26 heavy (non-hydrogen) atoms. The highest BCUT2D eigenvalue weighted by molar-refractivity contribution is 8.00. The van der Waals surface area contributed by atoms with Crippen molar-refractivity contribution in [2.75, 3.05) is 11.9 Å². The fourth-order valence-electron chi connectivity index (χ4n) is 2.64. The Morgan fingerprint density at radius 2 is 2.19 bits per heavy atom. The molecule has 0 unspecified atom stereocenters. The Bertz CT molecular complexity index is 1040. The van der Waals surface area contributed by atoms with Gasteiger partial charge in [0.05, 0.1) is 11.1 Å². The second-order valence-corrected chi connectivity index (χ2v) is 8.78. The quantitative estimate of drug-likeness (QED) is 0.459. The summed E-state index contributed by atoms with van der Waals surface area (Å²) in [5, 5.41) is 24.2. The van der Waals surface area contributed by atoms with E-state index < -0.39 is 0 Å². The van der Waals surface area contributed by atoms with Crippen LogP contribution in [0.1, 0.15) is 16.0 Å². The molecule has 0 bridgehead atoms. The summed E-state index contributed by atoms with van der Waals surface area (Å²) in [6.07, 6.45) is 4.97. The molecule has 0 spiro atoms. The van der Waals surface area contributed by atoms with Crippen molar-refractivity contribution >= 4 is 45.1 Å². The van der Waals surface area contributed by atoms with E-state index in [1.54, 1.807) is 34.4 Å². The van der Waals surface area contributed by atoms with Crippen LogP contribution in [0, 0.1) is 11.3 Å². The lowest BCUT2D eigenvalue weighted by molar-refractivity contribution is 0.980. The van der Waals surface area contributed by atoms with Gasteiger partial charge in [0, 0.05) is 29.6 Å². The van der Waals surface area contributed by atoms with Gasteiger partial charge in [-0.1, -0.05) is 35.2 Å². The number of hydrogen-bond acceptors (Lipinski definition) is 7. The molecule has 4 rings (SSSR count). The van der Waals surface area contributed by atoms with E-state index in [1.807, 2.05) is 35.0 Å². The van der Waals surface area contributed by atoms with Gasteiger partial charge in [-0.25, -0.2) is 0 Å². The zero-order chi connectivity index (χ0) is 17.8. The lowest BCUT2D eigenvalue weighted by Crippen LogP contribution is -2.03. The highest BCUT2D eigenvalue weighted by Gasteiger charge is 2.12. The van der Waals surface area contributed by atoms with Crippen LogP contribution in [0.5, 0.6) is 0 Å². The van der Waals surface area contributed by atoms with E-state index in [9.17, 15) is 5.26 Å². The molecule has 0 saturated heterocycles. The number of nitrogens with one attached hydrogen (secondary N) is 1. The largest absolute Gasteiger partial charge is 0.360 e. The van der Waals surface area contributed by atoms with Crippen molar-refractivity contribution in [3.8, 4) is 6.07 Å². The first kappa shape index (κ1) is 17.1. The second-order valence-electron chi connectivity index (χ2n) is 5.55. The maximum atomic E-state index is 9.47. The standard InChI is InChI=1S/C18H15N5S3/c19-10-15-13(11-23-8-2-1-5-16(15)23)12-25-18-22-21-17(26-18)20-7-6-14-4-3-9-24-14/h1-5,8-9,11H,6-7,12H2,(H,20,21). The van der Waals surface area contributed by atoms with Gasteiger partial charge in [0.15, 0.2) is 4.34 Å². The molecule has 0 amide bonds. The van der Waals surface area contributed by atoms with Crippen LogP contribution in [0.2, 0.25) is 0 Å². The van der Waals surface area contributed by atoms with Crippen molar-refractivity contribution in [3.63, 3.8) is 0 Å². The molecule has 0 saturated carbocycles. The number of aromatic nitrogens is 3. The van der Waals surface area contributed by atoms with Crippen LogP contribution in [0.4, 0.5) is 5.13 Å². The minimum Gasteiger partial charge on any atom is -0.360 e. The summed E-state index contributed by atoms with van der Waals surface area (Å²) >= 11 is 4.93. The van der Waals surface area contributed by atoms with E-state index in [4.69, 9.17) is 0 Å². The molecular weight excluding hydrogens is 382 g/mol. The topological polar surface area (TPSA) is 66.0 Å². The number of nitriles is 1. The van der Waals surface area contributed by atoms with Crippen molar-refractivity contribution < 1.29 is 0 Å². The number of pyridine rings is 1. The lowest BCUT2D eigenvalue weighted by Gasteiger charge is -1.99. The van der Waals surface area contributed by atoms with Gasteiger partial charge in [0.25, 0.3) is 0 Å². The Balaban J connectivity index is 1.37.